The molecule has 0 saturated heterocycles. The SMILES string of the molecule is CO[C@@H]1C=C(C(=O)O)O[C@@H]([C@H](O)C(O)CO)[C@@H]1NC(=O)C(C)C. The highest BCUT2D eigenvalue weighted by molar-refractivity contribution is 5.85. The molecule has 0 bridgehead atoms. The molecular weight excluding hydrogens is 310 g/mol. The van der Waals surface area contributed by atoms with Crippen molar-refractivity contribution in [3.63, 3.8) is 0 Å². The predicted molar refractivity (Wildman–Crippen MR) is 77.3 cm³/mol. The number of hydrogen-bond acceptors (Lipinski definition) is 7. The molecule has 0 spiro atoms. The van der Waals surface area contributed by atoms with Gasteiger partial charge in [-0.15, -0.1) is 0 Å². The second-order valence-electron chi connectivity index (χ2n) is 5.55. The van der Waals surface area contributed by atoms with Crippen molar-refractivity contribution in [2.24, 2.45) is 5.92 Å². The summed E-state index contributed by atoms with van der Waals surface area (Å²) in [5.74, 6) is -2.57. The molecule has 0 aliphatic carbocycles. The van der Waals surface area contributed by atoms with Gasteiger partial charge in [0.1, 0.15) is 18.3 Å². The van der Waals surface area contributed by atoms with Crippen LogP contribution >= 0.6 is 0 Å². The summed E-state index contributed by atoms with van der Waals surface area (Å²) in [7, 11) is 1.31. The Bertz CT molecular complexity index is 464. The minimum absolute atomic E-state index is 0.358. The van der Waals surface area contributed by atoms with Crippen LogP contribution in [-0.4, -0.2) is 76.5 Å². The third-order valence-corrected chi connectivity index (χ3v) is 3.52. The van der Waals surface area contributed by atoms with Gasteiger partial charge in [0.25, 0.3) is 0 Å². The molecule has 1 unspecified atom stereocenters. The Labute approximate surface area is 133 Å². The summed E-state index contributed by atoms with van der Waals surface area (Å²) in [5, 5.41) is 40.4. The molecule has 9 nitrogen and oxygen atoms in total. The fraction of sp³-hybridized carbons (Fsp3) is 0.714. The predicted octanol–water partition coefficient (Wildman–Crippen LogP) is -1.78. The molecule has 0 aromatic heterocycles. The van der Waals surface area contributed by atoms with Crippen LogP contribution < -0.4 is 5.32 Å². The van der Waals surface area contributed by atoms with Crippen molar-refractivity contribution in [3.05, 3.63) is 11.8 Å². The first-order chi connectivity index (χ1) is 10.7. The fourth-order valence-electron chi connectivity index (χ4n) is 2.14. The number of methoxy groups -OCH3 is 1. The van der Waals surface area contributed by atoms with Crippen LogP contribution in [0, 0.1) is 5.92 Å². The number of carbonyl (C=O) groups is 2. The Morgan fingerprint density at radius 3 is 2.43 bits per heavy atom. The van der Waals surface area contributed by atoms with Gasteiger partial charge in [-0.2, -0.15) is 0 Å². The average molecular weight is 333 g/mol. The molecule has 132 valence electrons. The number of aliphatic hydroxyl groups is 3. The minimum Gasteiger partial charge on any atom is -0.478 e. The molecule has 23 heavy (non-hydrogen) atoms. The van der Waals surface area contributed by atoms with Crippen LogP contribution in [0.3, 0.4) is 0 Å². The van der Waals surface area contributed by atoms with Crippen molar-refractivity contribution in [2.45, 2.75) is 44.3 Å². The first kappa shape index (κ1) is 19.4. The third kappa shape index (κ3) is 4.64. The van der Waals surface area contributed by atoms with E-state index in [4.69, 9.17) is 19.7 Å². The number of rotatable bonds is 7. The summed E-state index contributed by atoms with van der Waals surface area (Å²) < 4.78 is 10.4. The molecule has 9 heteroatoms. The Balaban J connectivity index is 3.15. The molecule has 1 aliphatic heterocycles. The van der Waals surface area contributed by atoms with E-state index in [9.17, 15) is 19.8 Å². The average Bonchev–Trinajstić information content (AvgIpc) is 2.52. The molecular formula is C14H23NO8. The van der Waals surface area contributed by atoms with Gasteiger partial charge in [0.15, 0.2) is 6.10 Å². The number of ether oxygens (including phenoxy) is 2. The van der Waals surface area contributed by atoms with Gasteiger partial charge < -0.3 is 35.2 Å². The minimum atomic E-state index is -1.63. The Hall–Kier alpha value is -1.68. The molecule has 1 rings (SSSR count). The standard InChI is InChI=1S/C14H23NO8/c1-6(2)13(19)15-10-8(22-3)4-9(14(20)21)23-12(10)11(18)7(17)5-16/h4,6-8,10-12,16-18H,5H2,1-3H3,(H,15,19)(H,20,21)/t7?,8-,10-,11-,12-/m1/s1. The second-order valence-corrected chi connectivity index (χ2v) is 5.55. The van der Waals surface area contributed by atoms with E-state index >= 15 is 0 Å². The Morgan fingerprint density at radius 2 is 2.00 bits per heavy atom. The first-order valence-electron chi connectivity index (χ1n) is 7.14. The van der Waals surface area contributed by atoms with Crippen LogP contribution in [0.1, 0.15) is 13.8 Å². The van der Waals surface area contributed by atoms with Crippen molar-refractivity contribution >= 4 is 11.9 Å². The summed E-state index contributed by atoms with van der Waals surface area (Å²) >= 11 is 0. The van der Waals surface area contributed by atoms with Crippen molar-refractivity contribution in [1.82, 2.24) is 5.32 Å². The lowest BCUT2D eigenvalue weighted by Crippen LogP contribution is -2.61. The largest absolute Gasteiger partial charge is 0.478 e. The molecule has 0 fully saturated rings. The van der Waals surface area contributed by atoms with Crippen molar-refractivity contribution in [3.8, 4) is 0 Å². The van der Waals surface area contributed by atoms with E-state index in [0.717, 1.165) is 0 Å². The zero-order valence-corrected chi connectivity index (χ0v) is 13.2. The van der Waals surface area contributed by atoms with Gasteiger partial charge in [-0.25, -0.2) is 4.79 Å². The normalized spacial score (nSPS) is 26.9. The maximum Gasteiger partial charge on any atom is 0.370 e. The molecule has 0 aromatic carbocycles. The number of carboxylic acids is 1. The number of carbonyl (C=O) groups excluding carboxylic acids is 1. The van der Waals surface area contributed by atoms with Crippen molar-refractivity contribution in [2.75, 3.05) is 13.7 Å². The number of carboxylic acid groups (broad SMARTS) is 1. The maximum absolute atomic E-state index is 11.9. The van der Waals surface area contributed by atoms with Gasteiger partial charge in [0.2, 0.25) is 11.7 Å². The summed E-state index contributed by atoms with van der Waals surface area (Å²) in [5.41, 5.74) is 0. The van der Waals surface area contributed by atoms with Crippen LogP contribution in [0.15, 0.2) is 11.8 Å². The number of aliphatic hydroxyl groups excluding tert-OH is 3. The van der Waals surface area contributed by atoms with Gasteiger partial charge in [-0.3, -0.25) is 4.79 Å². The van der Waals surface area contributed by atoms with Crippen LogP contribution in [0.2, 0.25) is 0 Å². The van der Waals surface area contributed by atoms with Crippen molar-refractivity contribution < 1.29 is 39.5 Å². The monoisotopic (exact) mass is 333 g/mol. The van der Waals surface area contributed by atoms with E-state index in [0.29, 0.717) is 0 Å². The van der Waals surface area contributed by atoms with Gasteiger partial charge in [-0.05, 0) is 6.08 Å². The first-order valence-corrected chi connectivity index (χ1v) is 7.14. The highest BCUT2D eigenvalue weighted by Gasteiger charge is 2.44. The summed E-state index contributed by atoms with van der Waals surface area (Å²) in [6.07, 6.45) is -4.21. The molecule has 1 heterocycles. The zero-order valence-electron chi connectivity index (χ0n) is 13.2. The summed E-state index contributed by atoms with van der Waals surface area (Å²) in [4.78, 5) is 23.1. The zero-order chi connectivity index (χ0) is 17.7. The van der Waals surface area contributed by atoms with E-state index in [1.165, 1.54) is 13.2 Å². The quantitative estimate of drug-likeness (QED) is 0.368. The fourth-order valence-corrected chi connectivity index (χ4v) is 2.14. The third-order valence-electron chi connectivity index (χ3n) is 3.52. The van der Waals surface area contributed by atoms with Gasteiger partial charge >= 0.3 is 5.97 Å². The number of aliphatic carboxylic acids is 1. The van der Waals surface area contributed by atoms with E-state index in [1.807, 2.05) is 0 Å². The van der Waals surface area contributed by atoms with Gasteiger partial charge in [-0.1, -0.05) is 13.8 Å². The maximum atomic E-state index is 11.9. The van der Waals surface area contributed by atoms with E-state index in [1.54, 1.807) is 13.8 Å². The van der Waals surface area contributed by atoms with E-state index in [-0.39, 0.29) is 11.8 Å². The topological polar surface area (TPSA) is 146 Å². The second kappa shape index (κ2) is 8.25. The lowest BCUT2D eigenvalue weighted by atomic mass is 9.93. The van der Waals surface area contributed by atoms with Crippen LogP contribution in [-0.2, 0) is 19.1 Å². The smallest absolute Gasteiger partial charge is 0.370 e. The van der Waals surface area contributed by atoms with Gasteiger partial charge in [0, 0.05) is 13.0 Å². The molecule has 1 amide bonds. The van der Waals surface area contributed by atoms with E-state index < -0.39 is 48.8 Å². The molecule has 5 atom stereocenters. The lowest BCUT2D eigenvalue weighted by molar-refractivity contribution is -0.151. The number of hydrogen-bond donors (Lipinski definition) is 5. The van der Waals surface area contributed by atoms with Crippen molar-refractivity contribution in [1.29, 1.82) is 0 Å². The lowest BCUT2D eigenvalue weighted by Gasteiger charge is -2.39. The highest BCUT2D eigenvalue weighted by atomic mass is 16.5. The number of amides is 1. The molecule has 5 N–H and O–H groups in total. The number of nitrogens with one attached hydrogen (secondary N) is 1. The molecule has 0 radical (unpaired) electrons. The molecule has 0 aromatic rings. The molecule has 0 saturated carbocycles. The van der Waals surface area contributed by atoms with E-state index in [2.05, 4.69) is 5.32 Å². The Kier molecular flexibility index (Phi) is 6.95. The van der Waals surface area contributed by atoms with Crippen LogP contribution in [0.25, 0.3) is 0 Å². The van der Waals surface area contributed by atoms with Crippen LogP contribution in [0.4, 0.5) is 0 Å². The Morgan fingerprint density at radius 1 is 1.39 bits per heavy atom. The van der Waals surface area contributed by atoms with Crippen LogP contribution in [0.5, 0.6) is 0 Å². The summed E-state index contributed by atoms with van der Waals surface area (Å²) in [6, 6.07) is -0.936. The highest BCUT2D eigenvalue weighted by Crippen LogP contribution is 2.24. The van der Waals surface area contributed by atoms with Gasteiger partial charge in [0.05, 0.1) is 12.6 Å². The summed E-state index contributed by atoms with van der Waals surface area (Å²) in [6.45, 7) is 2.57. The molecule has 1 aliphatic rings.